The summed E-state index contributed by atoms with van der Waals surface area (Å²) in [5.41, 5.74) is 2.85. The third kappa shape index (κ3) is 8.29. The summed E-state index contributed by atoms with van der Waals surface area (Å²) in [7, 11) is -7.21. The lowest BCUT2D eigenvalue weighted by Crippen LogP contribution is -2.32. The van der Waals surface area contributed by atoms with Crippen LogP contribution in [0.4, 0.5) is 11.8 Å². The van der Waals surface area contributed by atoms with Gasteiger partial charge in [0, 0.05) is 25.0 Å². The van der Waals surface area contributed by atoms with E-state index >= 15 is 0 Å². The van der Waals surface area contributed by atoms with Crippen LogP contribution in [0.1, 0.15) is 36.8 Å². The van der Waals surface area contributed by atoms with Gasteiger partial charge in [0.2, 0.25) is 26.0 Å². The molecule has 4 aromatic rings. The Morgan fingerprint density at radius 3 is 2.07 bits per heavy atom. The smallest absolute Gasteiger partial charge is 0.240 e. The standard InChI is InChI=1S/C31H38N6O4S2/c1-22-6-14-27(15-7-22)43(40,41)35-21-25-10-8-24(9-11-25)20-34-31-36-29-5-3-2-4-28(29)30(37-31)33-19-18-23-12-16-26(17-13-23)42(32,38)39/h2-7,12-17,24-25,35H,8-11,18-21H2,1H3,(H2,32,38,39)(H2,33,34,36,37). The molecule has 0 amide bonds. The maximum atomic E-state index is 12.6. The molecule has 228 valence electrons. The fraction of sp³-hybridized carbons (Fsp3) is 0.355. The van der Waals surface area contributed by atoms with Crippen molar-refractivity contribution in [1.82, 2.24) is 14.7 Å². The third-order valence-corrected chi connectivity index (χ3v) is 10.3. The van der Waals surface area contributed by atoms with Crippen LogP contribution in [-0.4, -0.2) is 46.4 Å². The summed E-state index contributed by atoms with van der Waals surface area (Å²) in [6.45, 7) is 3.74. The summed E-state index contributed by atoms with van der Waals surface area (Å²) in [4.78, 5) is 9.88. The molecule has 3 aromatic carbocycles. The van der Waals surface area contributed by atoms with Crippen molar-refractivity contribution in [3.63, 3.8) is 0 Å². The average Bonchev–Trinajstić information content (AvgIpc) is 2.99. The number of fused-ring (bicyclic) bond motifs is 1. The quantitative estimate of drug-likeness (QED) is 0.181. The molecular weight excluding hydrogens is 585 g/mol. The molecule has 0 aliphatic heterocycles. The van der Waals surface area contributed by atoms with Crippen molar-refractivity contribution in [2.24, 2.45) is 17.0 Å². The lowest BCUT2D eigenvalue weighted by Gasteiger charge is -2.28. The molecule has 0 atom stereocenters. The first-order valence-corrected chi connectivity index (χ1v) is 17.5. The number of rotatable bonds is 12. The second-order valence-corrected chi connectivity index (χ2v) is 14.5. The molecule has 1 saturated carbocycles. The van der Waals surface area contributed by atoms with E-state index in [0.29, 0.717) is 42.2 Å². The Hall–Kier alpha value is -3.58. The summed E-state index contributed by atoms with van der Waals surface area (Å²) >= 11 is 0. The van der Waals surface area contributed by atoms with Crippen molar-refractivity contribution in [2.75, 3.05) is 30.3 Å². The van der Waals surface area contributed by atoms with Crippen LogP contribution in [0.15, 0.2) is 82.6 Å². The van der Waals surface area contributed by atoms with Gasteiger partial charge in [-0.3, -0.25) is 0 Å². The number of primary sulfonamides is 1. The summed E-state index contributed by atoms with van der Waals surface area (Å²) in [6.07, 6.45) is 4.62. The molecule has 10 nitrogen and oxygen atoms in total. The number of hydrogen-bond donors (Lipinski definition) is 4. The van der Waals surface area contributed by atoms with Gasteiger partial charge in [-0.2, -0.15) is 4.98 Å². The van der Waals surface area contributed by atoms with Crippen LogP contribution in [0.3, 0.4) is 0 Å². The van der Waals surface area contributed by atoms with Crippen molar-refractivity contribution in [1.29, 1.82) is 0 Å². The number of benzene rings is 3. The average molecular weight is 623 g/mol. The third-order valence-electron chi connectivity index (χ3n) is 7.97. The molecule has 5 rings (SSSR count). The van der Waals surface area contributed by atoms with E-state index in [4.69, 9.17) is 15.1 Å². The second-order valence-electron chi connectivity index (χ2n) is 11.2. The first kappa shape index (κ1) is 30.9. The summed E-state index contributed by atoms with van der Waals surface area (Å²) in [6, 6.07) is 21.3. The van der Waals surface area contributed by atoms with E-state index in [2.05, 4.69) is 15.4 Å². The van der Waals surface area contributed by atoms with E-state index in [1.165, 1.54) is 12.1 Å². The van der Waals surface area contributed by atoms with Crippen LogP contribution in [-0.2, 0) is 26.5 Å². The van der Waals surface area contributed by atoms with Gasteiger partial charge < -0.3 is 10.6 Å². The number of sulfonamides is 2. The van der Waals surface area contributed by atoms with Gasteiger partial charge >= 0.3 is 0 Å². The Balaban J connectivity index is 1.12. The Bertz CT molecular complexity index is 1750. The lowest BCUT2D eigenvalue weighted by molar-refractivity contribution is 0.284. The van der Waals surface area contributed by atoms with Crippen LogP contribution < -0.4 is 20.5 Å². The number of aromatic nitrogens is 2. The second kappa shape index (κ2) is 13.4. The van der Waals surface area contributed by atoms with Crippen LogP contribution in [0, 0.1) is 18.8 Å². The van der Waals surface area contributed by atoms with Gasteiger partial charge in [0.15, 0.2) is 0 Å². The molecule has 1 aliphatic rings. The van der Waals surface area contributed by atoms with Gasteiger partial charge in [-0.15, -0.1) is 0 Å². The van der Waals surface area contributed by atoms with Crippen LogP contribution in [0.25, 0.3) is 10.9 Å². The Morgan fingerprint density at radius 2 is 1.40 bits per heavy atom. The molecule has 0 unspecified atom stereocenters. The zero-order valence-corrected chi connectivity index (χ0v) is 25.8. The molecule has 0 bridgehead atoms. The maximum Gasteiger partial charge on any atom is 0.240 e. The van der Waals surface area contributed by atoms with Crippen molar-refractivity contribution in [2.45, 2.75) is 48.8 Å². The molecule has 1 heterocycles. The van der Waals surface area contributed by atoms with Crippen molar-refractivity contribution in [3.05, 3.63) is 83.9 Å². The highest BCUT2D eigenvalue weighted by atomic mass is 32.2. The van der Waals surface area contributed by atoms with Gasteiger partial charge in [0.05, 0.1) is 15.3 Å². The predicted octanol–water partition coefficient (Wildman–Crippen LogP) is 4.44. The highest BCUT2D eigenvalue weighted by Gasteiger charge is 2.23. The fourth-order valence-electron chi connectivity index (χ4n) is 5.37. The van der Waals surface area contributed by atoms with E-state index in [1.807, 2.05) is 43.3 Å². The van der Waals surface area contributed by atoms with E-state index in [1.54, 1.807) is 24.3 Å². The highest BCUT2D eigenvalue weighted by molar-refractivity contribution is 7.89. The minimum Gasteiger partial charge on any atom is -0.369 e. The first-order valence-electron chi connectivity index (χ1n) is 14.5. The minimum absolute atomic E-state index is 0.0953. The molecule has 12 heteroatoms. The number of nitrogens with two attached hydrogens (primary N) is 1. The molecule has 1 aromatic heterocycles. The number of hydrogen-bond acceptors (Lipinski definition) is 8. The number of anilines is 2. The van der Waals surface area contributed by atoms with Gasteiger partial charge in [-0.25, -0.2) is 31.7 Å². The molecule has 0 radical (unpaired) electrons. The lowest BCUT2D eigenvalue weighted by atomic mass is 9.82. The maximum absolute atomic E-state index is 12.6. The van der Waals surface area contributed by atoms with Crippen LogP contribution >= 0.6 is 0 Å². The number of nitrogens with zero attached hydrogens (tertiary/aromatic N) is 2. The Kier molecular flexibility index (Phi) is 9.60. The predicted molar refractivity (Wildman–Crippen MR) is 170 cm³/mol. The van der Waals surface area contributed by atoms with E-state index < -0.39 is 20.0 Å². The van der Waals surface area contributed by atoms with E-state index in [-0.39, 0.29) is 4.90 Å². The summed E-state index contributed by atoms with van der Waals surface area (Å²) < 4.78 is 51.1. The van der Waals surface area contributed by atoms with E-state index in [9.17, 15) is 16.8 Å². The van der Waals surface area contributed by atoms with Crippen LogP contribution in [0.2, 0.25) is 0 Å². The SMILES string of the molecule is Cc1ccc(S(=O)(=O)NCC2CCC(CNc3nc(NCCc4ccc(S(N)(=O)=O)cc4)c4ccccc4n3)CC2)cc1. The number of nitrogens with one attached hydrogen (secondary N) is 3. The molecule has 1 aliphatic carbocycles. The monoisotopic (exact) mass is 622 g/mol. The van der Waals surface area contributed by atoms with Crippen molar-refractivity contribution < 1.29 is 16.8 Å². The molecule has 0 saturated heterocycles. The zero-order valence-electron chi connectivity index (χ0n) is 24.2. The van der Waals surface area contributed by atoms with Gasteiger partial charge in [-0.05, 0) is 92.8 Å². The van der Waals surface area contributed by atoms with Crippen molar-refractivity contribution in [3.8, 4) is 0 Å². The fourth-order valence-corrected chi connectivity index (χ4v) is 7.00. The first-order chi connectivity index (χ1) is 20.6. The molecule has 0 spiro atoms. The van der Waals surface area contributed by atoms with E-state index in [0.717, 1.165) is 60.1 Å². The largest absolute Gasteiger partial charge is 0.369 e. The molecular formula is C31H38N6O4S2. The number of para-hydroxylation sites is 1. The Morgan fingerprint density at radius 1 is 0.767 bits per heavy atom. The van der Waals surface area contributed by atoms with Crippen molar-refractivity contribution >= 4 is 42.7 Å². The molecule has 43 heavy (non-hydrogen) atoms. The molecule has 1 fully saturated rings. The van der Waals surface area contributed by atoms with Crippen LogP contribution in [0.5, 0.6) is 0 Å². The topological polar surface area (TPSA) is 156 Å². The van der Waals surface area contributed by atoms with Gasteiger partial charge in [0.25, 0.3) is 0 Å². The minimum atomic E-state index is -3.71. The van der Waals surface area contributed by atoms with Gasteiger partial charge in [-0.1, -0.05) is 42.0 Å². The zero-order chi connectivity index (χ0) is 30.5. The number of aryl methyl sites for hydroxylation is 1. The normalized spacial score (nSPS) is 17.5. The molecule has 5 N–H and O–H groups in total. The Labute approximate surface area is 253 Å². The highest BCUT2D eigenvalue weighted by Crippen LogP contribution is 2.29. The summed E-state index contributed by atoms with van der Waals surface area (Å²) in [5, 5.41) is 13.0. The van der Waals surface area contributed by atoms with Gasteiger partial charge in [0.1, 0.15) is 5.82 Å². The summed E-state index contributed by atoms with van der Waals surface area (Å²) in [5.74, 6) is 2.07.